The van der Waals surface area contributed by atoms with E-state index in [1.54, 1.807) is 6.08 Å². The Labute approximate surface area is 158 Å². The molecule has 0 aliphatic carbocycles. The minimum Gasteiger partial charge on any atom is -0.346 e. The molecule has 2 nitrogen and oxygen atoms in total. The molecule has 2 aromatic rings. The fourth-order valence-corrected chi connectivity index (χ4v) is 3.10. The molecule has 2 rings (SSSR count). The zero-order valence-electron chi connectivity index (χ0n) is 16.9. The highest BCUT2D eigenvalue weighted by Gasteiger charge is 2.14. The summed E-state index contributed by atoms with van der Waals surface area (Å²) < 4.78 is 0. The second-order valence-corrected chi connectivity index (χ2v) is 8.03. The molecule has 0 aliphatic rings. The highest BCUT2D eigenvalue weighted by molar-refractivity contribution is 5.92. The molecule has 1 amide bonds. The average Bonchev–Trinajstić information content (AvgIpc) is 2.58. The Morgan fingerprint density at radius 2 is 1.73 bits per heavy atom. The van der Waals surface area contributed by atoms with E-state index in [-0.39, 0.29) is 17.4 Å². The van der Waals surface area contributed by atoms with Crippen molar-refractivity contribution < 1.29 is 4.79 Å². The molecule has 26 heavy (non-hydrogen) atoms. The molecule has 1 atom stereocenters. The van der Waals surface area contributed by atoms with Crippen molar-refractivity contribution >= 4 is 12.0 Å². The van der Waals surface area contributed by atoms with E-state index in [2.05, 4.69) is 89.3 Å². The van der Waals surface area contributed by atoms with E-state index >= 15 is 0 Å². The number of amides is 1. The summed E-state index contributed by atoms with van der Waals surface area (Å²) in [7, 11) is 0. The first-order valence-corrected chi connectivity index (χ1v) is 9.37. The maximum atomic E-state index is 12.4. The topological polar surface area (TPSA) is 29.1 Å². The zero-order chi connectivity index (χ0) is 19.3. The van der Waals surface area contributed by atoms with Crippen molar-refractivity contribution in [2.24, 2.45) is 0 Å². The maximum Gasteiger partial charge on any atom is 0.244 e. The summed E-state index contributed by atoms with van der Waals surface area (Å²) in [5, 5.41) is 3.12. The molecule has 0 heterocycles. The molecular formula is C24H31NO. The lowest BCUT2D eigenvalue weighted by Gasteiger charge is -2.19. The van der Waals surface area contributed by atoms with Gasteiger partial charge in [0.05, 0.1) is 6.04 Å². The smallest absolute Gasteiger partial charge is 0.244 e. The molecular weight excluding hydrogens is 318 g/mol. The van der Waals surface area contributed by atoms with Crippen molar-refractivity contribution in [1.82, 2.24) is 5.32 Å². The third kappa shape index (κ3) is 5.32. The van der Waals surface area contributed by atoms with Gasteiger partial charge < -0.3 is 5.32 Å². The second-order valence-electron chi connectivity index (χ2n) is 8.03. The van der Waals surface area contributed by atoms with Crippen molar-refractivity contribution in [1.29, 1.82) is 0 Å². The van der Waals surface area contributed by atoms with Gasteiger partial charge in [0.1, 0.15) is 0 Å². The molecule has 0 unspecified atom stereocenters. The van der Waals surface area contributed by atoms with Crippen LogP contribution in [0.1, 0.15) is 68.0 Å². The number of aryl methyl sites for hydroxylation is 2. The lowest BCUT2D eigenvalue weighted by Crippen LogP contribution is -2.26. The minimum absolute atomic E-state index is 0.0380. The van der Waals surface area contributed by atoms with Gasteiger partial charge in [-0.3, -0.25) is 4.79 Å². The van der Waals surface area contributed by atoms with Gasteiger partial charge in [-0.2, -0.15) is 0 Å². The first-order valence-electron chi connectivity index (χ1n) is 9.37. The minimum atomic E-state index is -0.0586. The predicted octanol–water partition coefficient (Wildman–Crippen LogP) is 5.88. The average molecular weight is 350 g/mol. The van der Waals surface area contributed by atoms with Crippen LogP contribution in [0.3, 0.4) is 0 Å². The molecule has 2 heteroatoms. The standard InChI is InChI=1S/C24H31NO/c1-7-22(21-14-8-17(2)16-18(21)3)25-23(26)15-11-19-9-12-20(13-10-19)24(4,5)6/h8-16,22H,7H2,1-6H3,(H,25,26)/b15-11+/t22-/m0/s1. The molecule has 0 bridgehead atoms. The van der Waals surface area contributed by atoms with Crippen molar-refractivity contribution in [2.75, 3.05) is 0 Å². The van der Waals surface area contributed by atoms with Crippen molar-refractivity contribution in [3.05, 3.63) is 76.4 Å². The van der Waals surface area contributed by atoms with Crippen LogP contribution in [-0.2, 0) is 10.2 Å². The highest BCUT2D eigenvalue weighted by atomic mass is 16.1. The third-order valence-electron chi connectivity index (χ3n) is 4.73. The number of benzene rings is 2. The molecule has 2 aromatic carbocycles. The quantitative estimate of drug-likeness (QED) is 0.671. The van der Waals surface area contributed by atoms with Gasteiger partial charge in [0.15, 0.2) is 0 Å². The molecule has 0 saturated carbocycles. The number of rotatable bonds is 5. The van der Waals surface area contributed by atoms with E-state index in [0.717, 1.165) is 12.0 Å². The summed E-state index contributed by atoms with van der Waals surface area (Å²) >= 11 is 0. The lowest BCUT2D eigenvalue weighted by atomic mass is 9.87. The number of hydrogen-bond acceptors (Lipinski definition) is 1. The van der Waals surface area contributed by atoms with Gasteiger partial charge in [0.25, 0.3) is 0 Å². The van der Waals surface area contributed by atoms with Crippen LogP contribution < -0.4 is 5.32 Å². The van der Waals surface area contributed by atoms with Crippen LogP contribution in [0.15, 0.2) is 48.5 Å². The number of nitrogens with one attached hydrogen (secondary N) is 1. The second kappa shape index (κ2) is 8.35. The van der Waals surface area contributed by atoms with Crippen LogP contribution in [0, 0.1) is 13.8 Å². The Morgan fingerprint density at radius 3 is 2.27 bits per heavy atom. The Kier molecular flexibility index (Phi) is 6.42. The van der Waals surface area contributed by atoms with E-state index in [1.165, 1.54) is 22.3 Å². The SMILES string of the molecule is CC[C@H](NC(=O)/C=C/c1ccc(C(C)(C)C)cc1)c1ccc(C)cc1C. The highest BCUT2D eigenvalue weighted by Crippen LogP contribution is 2.23. The molecule has 0 radical (unpaired) electrons. The van der Waals surface area contributed by atoms with Gasteiger partial charge >= 0.3 is 0 Å². The van der Waals surface area contributed by atoms with Crippen LogP contribution in [0.2, 0.25) is 0 Å². The summed E-state index contributed by atoms with van der Waals surface area (Å²) in [6.45, 7) is 12.9. The summed E-state index contributed by atoms with van der Waals surface area (Å²) in [6.07, 6.45) is 4.36. The lowest BCUT2D eigenvalue weighted by molar-refractivity contribution is -0.117. The van der Waals surface area contributed by atoms with Gasteiger partial charge in [-0.25, -0.2) is 0 Å². The van der Waals surface area contributed by atoms with Crippen LogP contribution in [0.4, 0.5) is 0 Å². The van der Waals surface area contributed by atoms with Crippen molar-refractivity contribution in [3.63, 3.8) is 0 Å². The van der Waals surface area contributed by atoms with Gasteiger partial charge in [-0.15, -0.1) is 0 Å². The van der Waals surface area contributed by atoms with Gasteiger partial charge in [0, 0.05) is 6.08 Å². The summed E-state index contributed by atoms with van der Waals surface area (Å²) in [4.78, 5) is 12.4. The summed E-state index contributed by atoms with van der Waals surface area (Å²) in [5.41, 5.74) is 6.12. The molecule has 0 spiro atoms. The van der Waals surface area contributed by atoms with E-state index in [4.69, 9.17) is 0 Å². The third-order valence-corrected chi connectivity index (χ3v) is 4.73. The number of carbonyl (C=O) groups is 1. The maximum absolute atomic E-state index is 12.4. The van der Waals surface area contributed by atoms with Gasteiger partial charge in [0.2, 0.25) is 5.91 Å². The monoisotopic (exact) mass is 349 g/mol. The molecule has 0 fully saturated rings. The van der Waals surface area contributed by atoms with Gasteiger partial charge in [-0.05, 0) is 54.0 Å². The molecule has 1 N–H and O–H groups in total. The molecule has 0 aromatic heterocycles. The Bertz CT molecular complexity index is 779. The number of carbonyl (C=O) groups excluding carboxylic acids is 1. The van der Waals surface area contributed by atoms with Crippen LogP contribution in [0.25, 0.3) is 6.08 Å². The fourth-order valence-electron chi connectivity index (χ4n) is 3.10. The van der Waals surface area contributed by atoms with E-state index in [1.807, 2.05) is 6.08 Å². The van der Waals surface area contributed by atoms with E-state index in [9.17, 15) is 4.79 Å². The zero-order valence-corrected chi connectivity index (χ0v) is 16.9. The van der Waals surface area contributed by atoms with Crippen molar-refractivity contribution in [3.8, 4) is 0 Å². The summed E-state index contributed by atoms with van der Waals surface area (Å²) in [5.74, 6) is -0.0586. The molecule has 0 aliphatic heterocycles. The first kappa shape index (κ1) is 20.0. The molecule has 0 saturated heterocycles. The van der Waals surface area contributed by atoms with Gasteiger partial charge in [-0.1, -0.05) is 75.7 Å². The van der Waals surface area contributed by atoms with Crippen LogP contribution >= 0.6 is 0 Å². The Hall–Kier alpha value is -2.35. The van der Waals surface area contributed by atoms with Crippen molar-refractivity contribution in [2.45, 2.75) is 59.4 Å². The van der Waals surface area contributed by atoms with E-state index < -0.39 is 0 Å². The Morgan fingerprint density at radius 1 is 1.08 bits per heavy atom. The van der Waals surface area contributed by atoms with E-state index in [0.29, 0.717) is 0 Å². The molecule has 138 valence electrons. The first-order chi connectivity index (χ1) is 12.2. The van der Waals surface area contributed by atoms with Crippen LogP contribution in [0.5, 0.6) is 0 Å². The number of hydrogen-bond donors (Lipinski definition) is 1. The Balaban J connectivity index is 2.05. The normalized spacial score (nSPS) is 13.0. The van der Waals surface area contributed by atoms with Crippen LogP contribution in [-0.4, -0.2) is 5.91 Å². The fraction of sp³-hybridized carbons (Fsp3) is 0.375. The predicted molar refractivity (Wildman–Crippen MR) is 111 cm³/mol. The summed E-state index contributed by atoms with van der Waals surface area (Å²) in [6, 6.07) is 14.8. The largest absolute Gasteiger partial charge is 0.346 e.